The second kappa shape index (κ2) is 5.86. The molecule has 0 aromatic carbocycles. The number of hydrogen-bond acceptors (Lipinski definition) is 3. The Morgan fingerprint density at radius 1 is 1.54 bits per heavy atom. The van der Waals surface area contributed by atoms with Crippen molar-refractivity contribution in [3.63, 3.8) is 0 Å². The van der Waals surface area contributed by atoms with Gasteiger partial charge in [0.15, 0.2) is 12.0 Å². The number of carbonyl (C=O) groups excluding carboxylic acids is 1. The van der Waals surface area contributed by atoms with Crippen LogP contribution in [0, 0.1) is 0 Å². The fourth-order valence-corrected chi connectivity index (χ4v) is 1.95. The molecule has 0 bridgehead atoms. The van der Waals surface area contributed by atoms with Gasteiger partial charge in [-0.25, -0.2) is 0 Å². The zero-order chi connectivity index (χ0) is 9.52. The predicted molar refractivity (Wildman–Crippen MR) is 55.2 cm³/mol. The topological polar surface area (TPSA) is 30.2 Å². The Hall–Kier alpha value is -0.700. The molecule has 1 aromatic rings. The van der Waals surface area contributed by atoms with Crippen LogP contribution in [0.25, 0.3) is 0 Å². The van der Waals surface area contributed by atoms with Crippen LogP contribution in [0.3, 0.4) is 0 Å². The van der Waals surface area contributed by atoms with E-state index in [4.69, 9.17) is 4.42 Å². The van der Waals surface area contributed by atoms with E-state index in [-0.39, 0.29) is 0 Å². The molecule has 1 aromatic heterocycles. The molecule has 2 nitrogen and oxygen atoms in total. The lowest BCUT2D eigenvalue weighted by Crippen LogP contribution is -1.80. The SMILES string of the molecule is CCCCSCc1ccc(C=O)o1. The second-order valence-corrected chi connectivity index (χ2v) is 3.93. The smallest absolute Gasteiger partial charge is 0.185 e. The highest BCUT2D eigenvalue weighted by molar-refractivity contribution is 7.98. The quantitative estimate of drug-likeness (QED) is 0.519. The first-order valence-electron chi connectivity index (χ1n) is 4.48. The standard InChI is InChI=1S/C10H14O2S/c1-2-3-6-13-8-10-5-4-9(7-11)12-10/h4-5,7H,2-3,6,8H2,1H3. The number of rotatable bonds is 6. The molecule has 0 aliphatic carbocycles. The lowest BCUT2D eigenvalue weighted by atomic mass is 10.4. The molecule has 0 aliphatic heterocycles. The van der Waals surface area contributed by atoms with Gasteiger partial charge >= 0.3 is 0 Å². The van der Waals surface area contributed by atoms with Crippen molar-refractivity contribution in [3.05, 3.63) is 23.7 Å². The Morgan fingerprint density at radius 2 is 2.38 bits per heavy atom. The van der Waals surface area contributed by atoms with E-state index in [1.807, 2.05) is 17.8 Å². The first-order valence-corrected chi connectivity index (χ1v) is 5.64. The van der Waals surface area contributed by atoms with Crippen molar-refractivity contribution in [1.82, 2.24) is 0 Å². The number of aldehydes is 1. The largest absolute Gasteiger partial charge is 0.457 e. The highest BCUT2D eigenvalue weighted by atomic mass is 32.2. The summed E-state index contributed by atoms with van der Waals surface area (Å²) in [5.74, 6) is 3.34. The molecule has 0 radical (unpaired) electrons. The van der Waals surface area contributed by atoms with Gasteiger partial charge in [0.2, 0.25) is 0 Å². The fraction of sp³-hybridized carbons (Fsp3) is 0.500. The monoisotopic (exact) mass is 198 g/mol. The summed E-state index contributed by atoms with van der Waals surface area (Å²) < 4.78 is 5.22. The van der Waals surface area contributed by atoms with Crippen molar-refractivity contribution >= 4 is 18.0 Å². The number of furan rings is 1. The van der Waals surface area contributed by atoms with Crippen LogP contribution in [0.4, 0.5) is 0 Å². The van der Waals surface area contributed by atoms with E-state index < -0.39 is 0 Å². The first kappa shape index (κ1) is 10.4. The molecule has 0 saturated heterocycles. The van der Waals surface area contributed by atoms with Gasteiger partial charge in [0.1, 0.15) is 5.76 Å². The summed E-state index contributed by atoms with van der Waals surface area (Å²) in [6.45, 7) is 2.18. The predicted octanol–water partition coefficient (Wildman–Crippen LogP) is 3.13. The minimum Gasteiger partial charge on any atom is -0.457 e. The van der Waals surface area contributed by atoms with Gasteiger partial charge in [-0.2, -0.15) is 11.8 Å². The molecule has 0 saturated carbocycles. The average Bonchev–Trinajstić information content (AvgIpc) is 2.60. The zero-order valence-corrected chi connectivity index (χ0v) is 8.60. The average molecular weight is 198 g/mol. The van der Waals surface area contributed by atoms with Crippen LogP contribution in [-0.2, 0) is 5.75 Å². The van der Waals surface area contributed by atoms with Gasteiger partial charge in [-0.05, 0) is 24.3 Å². The molecule has 1 rings (SSSR count). The molecule has 13 heavy (non-hydrogen) atoms. The van der Waals surface area contributed by atoms with Crippen molar-refractivity contribution in [3.8, 4) is 0 Å². The van der Waals surface area contributed by atoms with Gasteiger partial charge in [0.05, 0.1) is 5.75 Å². The molecule has 0 aliphatic rings. The number of thioether (sulfide) groups is 1. The second-order valence-electron chi connectivity index (χ2n) is 2.83. The van der Waals surface area contributed by atoms with Crippen LogP contribution in [0.15, 0.2) is 16.5 Å². The Bertz CT molecular complexity index is 255. The number of carbonyl (C=O) groups is 1. The van der Waals surface area contributed by atoms with Crippen molar-refractivity contribution in [2.75, 3.05) is 5.75 Å². The summed E-state index contributed by atoms with van der Waals surface area (Å²) in [6, 6.07) is 3.57. The normalized spacial score (nSPS) is 10.2. The summed E-state index contributed by atoms with van der Waals surface area (Å²) in [5, 5.41) is 0. The maximum atomic E-state index is 10.3. The summed E-state index contributed by atoms with van der Waals surface area (Å²) >= 11 is 1.85. The van der Waals surface area contributed by atoms with E-state index >= 15 is 0 Å². The highest BCUT2D eigenvalue weighted by Gasteiger charge is 1.99. The highest BCUT2D eigenvalue weighted by Crippen LogP contribution is 2.15. The van der Waals surface area contributed by atoms with E-state index in [1.54, 1.807) is 6.07 Å². The summed E-state index contributed by atoms with van der Waals surface area (Å²) in [5.41, 5.74) is 0. The van der Waals surface area contributed by atoms with E-state index in [0.29, 0.717) is 5.76 Å². The van der Waals surface area contributed by atoms with Crippen molar-refractivity contribution < 1.29 is 9.21 Å². The van der Waals surface area contributed by atoms with Crippen molar-refractivity contribution in [2.45, 2.75) is 25.5 Å². The molecule has 0 N–H and O–H groups in total. The maximum absolute atomic E-state index is 10.3. The van der Waals surface area contributed by atoms with Gasteiger partial charge in [0.25, 0.3) is 0 Å². The molecule has 3 heteroatoms. The van der Waals surface area contributed by atoms with Gasteiger partial charge in [-0.3, -0.25) is 4.79 Å². The van der Waals surface area contributed by atoms with Crippen LogP contribution in [0.2, 0.25) is 0 Å². The summed E-state index contributed by atoms with van der Waals surface area (Å²) in [7, 11) is 0. The molecule has 0 unspecified atom stereocenters. The summed E-state index contributed by atoms with van der Waals surface area (Å²) in [4.78, 5) is 10.3. The molecular weight excluding hydrogens is 184 g/mol. The van der Waals surface area contributed by atoms with Crippen LogP contribution < -0.4 is 0 Å². The minimum atomic E-state index is 0.422. The van der Waals surface area contributed by atoms with E-state index in [1.165, 1.54) is 12.8 Å². The Morgan fingerprint density at radius 3 is 3.00 bits per heavy atom. The van der Waals surface area contributed by atoms with Crippen LogP contribution in [0.1, 0.15) is 36.1 Å². The molecule has 0 amide bonds. The summed E-state index contributed by atoms with van der Waals surface area (Å²) in [6.07, 6.45) is 3.21. The van der Waals surface area contributed by atoms with Gasteiger partial charge < -0.3 is 4.42 Å². The van der Waals surface area contributed by atoms with E-state index in [9.17, 15) is 4.79 Å². The van der Waals surface area contributed by atoms with Crippen molar-refractivity contribution in [1.29, 1.82) is 0 Å². The van der Waals surface area contributed by atoms with Gasteiger partial charge in [-0.1, -0.05) is 13.3 Å². The van der Waals surface area contributed by atoms with Gasteiger partial charge in [0, 0.05) is 0 Å². The lowest BCUT2D eigenvalue weighted by molar-refractivity contribution is 0.109. The maximum Gasteiger partial charge on any atom is 0.185 e. The Balaban J connectivity index is 2.24. The molecule has 72 valence electrons. The number of unbranched alkanes of at least 4 members (excludes halogenated alkanes) is 1. The van der Waals surface area contributed by atoms with Crippen LogP contribution in [0.5, 0.6) is 0 Å². The zero-order valence-electron chi connectivity index (χ0n) is 7.79. The lowest BCUT2D eigenvalue weighted by Gasteiger charge is -1.96. The molecule has 0 spiro atoms. The van der Waals surface area contributed by atoms with E-state index in [0.717, 1.165) is 23.6 Å². The third kappa shape index (κ3) is 3.68. The third-order valence-electron chi connectivity index (χ3n) is 1.69. The number of hydrogen-bond donors (Lipinski definition) is 0. The first-order chi connectivity index (χ1) is 6.36. The molecule has 1 heterocycles. The fourth-order valence-electron chi connectivity index (χ4n) is 0.955. The molecule has 0 fully saturated rings. The van der Waals surface area contributed by atoms with Crippen LogP contribution in [-0.4, -0.2) is 12.0 Å². The van der Waals surface area contributed by atoms with Crippen LogP contribution >= 0.6 is 11.8 Å². The van der Waals surface area contributed by atoms with Crippen molar-refractivity contribution in [2.24, 2.45) is 0 Å². The van der Waals surface area contributed by atoms with Gasteiger partial charge in [-0.15, -0.1) is 0 Å². The van der Waals surface area contributed by atoms with E-state index in [2.05, 4.69) is 6.92 Å². The Kier molecular flexibility index (Phi) is 4.68. The molecular formula is C10H14O2S. The minimum absolute atomic E-state index is 0.422. The third-order valence-corrected chi connectivity index (χ3v) is 2.75. The Labute approximate surface area is 82.7 Å². The molecule has 0 atom stereocenters.